The second-order valence-electron chi connectivity index (χ2n) is 6.17. The maximum absolute atomic E-state index is 12.6. The van der Waals surface area contributed by atoms with E-state index in [2.05, 4.69) is 15.3 Å². The lowest BCUT2D eigenvalue weighted by Crippen LogP contribution is -2.16. The predicted octanol–water partition coefficient (Wildman–Crippen LogP) is 3.79. The van der Waals surface area contributed by atoms with Crippen LogP contribution in [0.4, 0.5) is 5.69 Å². The minimum atomic E-state index is -0.511. The minimum absolute atomic E-state index is 0.237. The van der Waals surface area contributed by atoms with Crippen LogP contribution in [0, 0.1) is 6.92 Å². The van der Waals surface area contributed by atoms with Gasteiger partial charge in [-0.05, 0) is 56.3 Å². The number of nitrogens with zero attached hydrogens (tertiary/aromatic N) is 2. The van der Waals surface area contributed by atoms with Crippen molar-refractivity contribution in [3.63, 3.8) is 0 Å². The molecule has 7 nitrogen and oxygen atoms in total. The van der Waals surface area contributed by atoms with E-state index in [1.807, 2.05) is 18.2 Å². The molecule has 0 unspecified atom stereocenters. The largest absolute Gasteiger partial charge is 0.487 e. The van der Waals surface area contributed by atoms with Crippen molar-refractivity contribution in [2.24, 2.45) is 0 Å². The number of carbonyl (C=O) groups is 2. The number of aromatic nitrogens is 2. The highest BCUT2D eigenvalue weighted by molar-refractivity contribution is 6.06. The molecule has 0 fully saturated rings. The molecular formula is C22H21N3O4. The molecule has 0 aliphatic carbocycles. The van der Waals surface area contributed by atoms with Crippen molar-refractivity contribution >= 4 is 17.6 Å². The Balaban J connectivity index is 1.64. The van der Waals surface area contributed by atoms with Gasteiger partial charge in [-0.15, -0.1) is 0 Å². The van der Waals surface area contributed by atoms with Gasteiger partial charge in [0.25, 0.3) is 5.91 Å². The van der Waals surface area contributed by atoms with Gasteiger partial charge in [-0.3, -0.25) is 14.8 Å². The third-order valence-electron chi connectivity index (χ3n) is 4.07. The first-order valence-electron chi connectivity index (χ1n) is 9.14. The SMILES string of the molecule is CCOC(=O)c1cnc(C)c(C(=O)Nc2ccc(OCc3ccccn3)cc2)c1. The third-order valence-corrected chi connectivity index (χ3v) is 4.07. The van der Waals surface area contributed by atoms with Crippen LogP contribution >= 0.6 is 0 Å². The minimum Gasteiger partial charge on any atom is -0.487 e. The topological polar surface area (TPSA) is 90.4 Å². The summed E-state index contributed by atoms with van der Waals surface area (Å²) in [7, 11) is 0. The van der Waals surface area contributed by atoms with Crippen molar-refractivity contribution in [2.45, 2.75) is 20.5 Å². The lowest BCUT2D eigenvalue weighted by Gasteiger charge is -2.10. The molecule has 7 heteroatoms. The van der Waals surface area contributed by atoms with Gasteiger partial charge in [-0.1, -0.05) is 6.07 Å². The molecule has 0 saturated carbocycles. The highest BCUT2D eigenvalue weighted by atomic mass is 16.5. The number of esters is 1. The lowest BCUT2D eigenvalue weighted by molar-refractivity contribution is 0.0526. The van der Waals surface area contributed by atoms with E-state index >= 15 is 0 Å². The summed E-state index contributed by atoms with van der Waals surface area (Å²) in [5, 5.41) is 2.80. The van der Waals surface area contributed by atoms with E-state index in [9.17, 15) is 9.59 Å². The highest BCUT2D eigenvalue weighted by Crippen LogP contribution is 2.18. The highest BCUT2D eigenvalue weighted by Gasteiger charge is 2.15. The van der Waals surface area contributed by atoms with Gasteiger partial charge >= 0.3 is 5.97 Å². The Morgan fingerprint density at radius 3 is 2.55 bits per heavy atom. The molecule has 1 aromatic carbocycles. The summed E-state index contributed by atoms with van der Waals surface area (Å²) in [4.78, 5) is 32.8. The van der Waals surface area contributed by atoms with E-state index in [1.165, 1.54) is 12.3 Å². The molecule has 0 atom stereocenters. The standard InChI is InChI=1S/C22H21N3O4/c1-3-28-22(27)16-12-20(15(2)24-13-16)21(26)25-17-7-9-19(10-8-17)29-14-18-6-4-5-11-23-18/h4-13H,3,14H2,1-2H3,(H,25,26). The van der Waals surface area contributed by atoms with Crippen LogP contribution in [0.1, 0.15) is 39.0 Å². The van der Waals surface area contributed by atoms with E-state index < -0.39 is 5.97 Å². The fourth-order valence-electron chi connectivity index (χ4n) is 2.56. The number of hydrogen-bond acceptors (Lipinski definition) is 6. The zero-order valence-corrected chi connectivity index (χ0v) is 16.2. The Labute approximate surface area is 168 Å². The smallest absolute Gasteiger partial charge is 0.339 e. The molecule has 0 aliphatic rings. The fourth-order valence-corrected chi connectivity index (χ4v) is 2.56. The van der Waals surface area contributed by atoms with Crippen LogP contribution in [-0.2, 0) is 11.3 Å². The van der Waals surface area contributed by atoms with Crippen LogP contribution in [-0.4, -0.2) is 28.5 Å². The van der Waals surface area contributed by atoms with Crippen LogP contribution in [0.15, 0.2) is 60.9 Å². The van der Waals surface area contributed by atoms with Crippen molar-refractivity contribution in [2.75, 3.05) is 11.9 Å². The maximum atomic E-state index is 12.6. The summed E-state index contributed by atoms with van der Waals surface area (Å²) in [6, 6.07) is 14.1. The number of rotatable bonds is 7. The van der Waals surface area contributed by atoms with Crippen LogP contribution in [0.5, 0.6) is 5.75 Å². The summed E-state index contributed by atoms with van der Waals surface area (Å²) in [5.74, 6) is -0.206. The average Bonchev–Trinajstić information content (AvgIpc) is 2.74. The normalized spacial score (nSPS) is 10.3. The van der Waals surface area contributed by atoms with Crippen molar-refractivity contribution in [3.05, 3.63) is 83.4 Å². The molecule has 0 aliphatic heterocycles. The molecule has 3 rings (SSSR count). The van der Waals surface area contributed by atoms with Crippen molar-refractivity contribution < 1.29 is 19.1 Å². The first-order chi connectivity index (χ1) is 14.1. The maximum Gasteiger partial charge on any atom is 0.339 e. The molecule has 0 radical (unpaired) electrons. The monoisotopic (exact) mass is 391 g/mol. The van der Waals surface area contributed by atoms with E-state index in [0.29, 0.717) is 29.3 Å². The Morgan fingerprint density at radius 1 is 1.07 bits per heavy atom. The van der Waals surface area contributed by atoms with Gasteiger partial charge in [0.1, 0.15) is 12.4 Å². The average molecular weight is 391 g/mol. The number of pyridine rings is 2. The van der Waals surface area contributed by atoms with Crippen LogP contribution in [0.3, 0.4) is 0 Å². The number of aryl methyl sites for hydroxylation is 1. The number of carbonyl (C=O) groups excluding carboxylic acids is 2. The molecule has 0 saturated heterocycles. The molecular weight excluding hydrogens is 370 g/mol. The predicted molar refractivity (Wildman–Crippen MR) is 108 cm³/mol. The summed E-state index contributed by atoms with van der Waals surface area (Å²) < 4.78 is 10.6. The number of hydrogen-bond donors (Lipinski definition) is 1. The van der Waals surface area contributed by atoms with Gasteiger partial charge in [-0.2, -0.15) is 0 Å². The number of ether oxygens (including phenoxy) is 2. The van der Waals surface area contributed by atoms with Gasteiger partial charge < -0.3 is 14.8 Å². The summed E-state index contributed by atoms with van der Waals surface area (Å²) in [6.07, 6.45) is 3.11. The molecule has 2 heterocycles. The molecule has 29 heavy (non-hydrogen) atoms. The first kappa shape index (κ1) is 20.0. The van der Waals surface area contributed by atoms with Gasteiger partial charge in [0, 0.05) is 18.1 Å². The van der Waals surface area contributed by atoms with Crippen molar-refractivity contribution in [1.82, 2.24) is 9.97 Å². The zero-order chi connectivity index (χ0) is 20.6. The molecule has 0 bridgehead atoms. The molecule has 148 valence electrons. The Bertz CT molecular complexity index is 989. The Morgan fingerprint density at radius 2 is 1.86 bits per heavy atom. The van der Waals surface area contributed by atoms with Crippen molar-refractivity contribution in [3.8, 4) is 5.75 Å². The third kappa shape index (κ3) is 5.38. The van der Waals surface area contributed by atoms with Crippen molar-refractivity contribution in [1.29, 1.82) is 0 Å². The van der Waals surface area contributed by atoms with Gasteiger partial charge in [0.15, 0.2) is 0 Å². The molecule has 2 aromatic heterocycles. The second-order valence-corrected chi connectivity index (χ2v) is 6.17. The zero-order valence-electron chi connectivity index (χ0n) is 16.2. The van der Waals surface area contributed by atoms with E-state index in [-0.39, 0.29) is 18.1 Å². The van der Waals surface area contributed by atoms with Crippen LogP contribution in [0.25, 0.3) is 0 Å². The quantitative estimate of drug-likeness (QED) is 0.616. The summed E-state index contributed by atoms with van der Waals surface area (Å²) in [5.41, 5.74) is 2.49. The van der Waals surface area contributed by atoms with Gasteiger partial charge in [0.05, 0.1) is 29.1 Å². The Hall–Kier alpha value is -3.74. The van der Waals surface area contributed by atoms with E-state index in [0.717, 1.165) is 5.69 Å². The number of nitrogens with one attached hydrogen (secondary N) is 1. The number of amides is 1. The van der Waals surface area contributed by atoms with E-state index in [1.54, 1.807) is 44.3 Å². The number of anilines is 1. The Kier molecular flexibility index (Phi) is 6.52. The molecule has 0 spiro atoms. The summed E-state index contributed by atoms with van der Waals surface area (Å²) >= 11 is 0. The van der Waals surface area contributed by atoms with Crippen LogP contribution in [0.2, 0.25) is 0 Å². The number of benzene rings is 1. The molecule has 1 amide bonds. The van der Waals surface area contributed by atoms with E-state index in [4.69, 9.17) is 9.47 Å². The molecule has 1 N–H and O–H groups in total. The second kappa shape index (κ2) is 9.45. The first-order valence-corrected chi connectivity index (χ1v) is 9.14. The summed E-state index contributed by atoms with van der Waals surface area (Å²) in [6.45, 7) is 4.04. The van der Waals surface area contributed by atoms with Crippen LogP contribution < -0.4 is 10.1 Å². The van der Waals surface area contributed by atoms with Gasteiger partial charge in [-0.25, -0.2) is 4.79 Å². The van der Waals surface area contributed by atoms with Gasteiger partial charge in [0.2, 0.25) is 0 Å². The molecule has 3 aromatic rings. The fraction of sp³-hybridized carbons (Fsp3) is 0.182. The lowest BCUT2D eigenvalue weighted by atomic mass is 10.1.